The number of hydrogen-bond donors (Lipinski definition) is 1. The molecular weight excluding hydrogens is 217 g/mol. The van der Waals surface area contributed by atoms with E-state index in [9.17, 15) is 4.79 Å². The van der Waals surface area contributed by atoms with E-state index in [0.717, 1.165) is 0 Å². The van der Waals surface area contributed by atoms with E-state index in [4.69, 9.17) is 5.73 Å². The Kier molecular flexibility index (Phi) is 5.23. The molecule has 0 saturated heterocycles. The zero-order valence-corrected chi connectivity index (χ0v) is 11.0. The summed E-state index contributed by atoms with van der Waals surface area (Å²) in [6.45, 7) is 0. The molecule has 0 fully saturated rings. The highest BCUT2D eigenvalue weighted by molar-refractivity contribution is 7.58. The number of nitrogens with zero attached hydrogens (tertiary/aromatic N) is 4. The van der Waals surface area contributed by atoms with Gasteiger partial charge in [0.25, 0.3) is 0 Å². The van der Waals surface area contributed by atoms with E-state index in [2.05, 4.69) is 9.75 Å². The molecule has 0 atom stereocenters. The van der Waals surface area contributed by atoms with Crippen LogP contribution in [-0.4, -0.2) is 62.4 Å². The minimum Gasteiger partial charge on any atom is -0.333 e. The Morgan fingerprint density at radius 2 is 1.40 bits per heavy atom. The number of nitrogens with two attached hydrogens (primary N) is 1. The number of carbonyl (C=O) groups is 1. The number of primary amides is 1. The van der Waals surface area contributed by atoms with Crippen LogP contribution in [0.3, 0.4) is 0 Å². The molecule has 0 aliphatic carbocycles. The van der Waals surface area contributed by atoms with Gasteiger partial charge in [0.05, 0.1) is 0 Å². The van der Waals surface area contributed by atoms with Crippen LogP contribution in [0, 0.1) is 0 Å². The third-order valence-electron chi connectivity index (χ3n) is 1.85. The summed E-state index contributed by atoms with van der Waals surface area (Å²) in [5.41, 5.74) is 4.91. The third kappa shape index (κ3) is 3.17. The predicted octanol–water partition coefficient (Wildman–Crippen LogP) is 0.628. The molecule has 0 saturated carbocycles. The molecule has 0 heterocycles. The van der Waals surface area contributed by atoms with Gasteiger partial charge in [-0.2, -0.15) is 0 Å². The van der Waals surface area contributed by atoms with Gasteiger partial charge >= 0.3 is 6.09 Å². The molecule has 0 aromatic rings. The van der Waals surface area contributed by atoms with Gasteiger partial charge in [-0.05, 0) is 47.2 Å². The highest BCUT2D eigenvalue weighted by atomic mass is 31.2. The van der Waals surface area contributed by atoms with Gasteiger partial charge in [0.15, 0.2) is 0 Å². The van der Waals surface area contributed by atoms with Crippen molar-refractivity contribution in [2.24, 2.45) is 10.6 Å². The van der Waals surface area contributed by atoms with Crippen molar-refractivity contribution in [3.05, 3.63) is 0 Å². The molecule has 0 aromatic heterocycles. The van der Waals surface area contributed by atoms with Crippen molar-refractivity contribution in [1.29, 1.82) is 0 Å². The van der Waals surface area contributed by atoms with Gasteiger partial charge in [-0.25, -0.2) is 18.8 Å². The zero-order chi connectivity index (χ0) is 12.2. The quantitative estimate of drug-likeness (QED) is 0.573. The van der Waals surface area contributed by atoms with Crippen LogP contribution < -0.4 is 5.73 Å². The van der Waals surface area contributed by atoms with E-state index in [0.29, 0.717) is 0 Å². The molecule has 0 unspecified atom stereocenters. The fourth-order valence-corrected chi connectivity index (χ4v) is 4.16. The van der Waals surface area contributed by atoms with Crippen molar-refractivity contribution in [2.45, 2.75) is 0 Å². The molecule has 1 amide bonds. The van der Waals surface area contributed by atoms with E-state index in [1.54, 1.807) is 0 Å². The van der Waals surface area contributed by atoms with Crippen LogP contribution >= 0.6 is 7.51 Å². The average molecular weight is 237 g/mol. The Bertz CT molecular complexity index is 248. The van der Waals surface area contributed by atoms with Gasteiger partial charge in [0.1, 0.15) is 0 Å². The Morgan fingerprint density at radius 1 is 1.07 bits per heavy atom. The molecule has 0 aliphatic rings. The van der Waals surface area contributed by atoms with Crippen molar-refractivity contribution in [2.75, 3.05) is 42.3 Å². The van der Waals surface area contributed by atoms with E-state index in [-0.39, 0.29) is 0 Å². The lowest BCUT2D eigenvalue weighted by atomic mass is 11.2. The highest BCUT2D eigenvalue weighted by Gasteiger charge is 2.30. The molecule has 15 heavy (non-hydrogen) atoms. The molecule has 0 aliphatic heterocycles. The summed E-state index contributed by atoms with van der Waals surface area (Å²) >= 11 is 0. The monoisotopic (exact) mass is 237 g/mol. The molecule has 8 heteroatoms. The molecule has 0 rings (SSSR count). The zero-order valence-electron chi connectivity index (χ0n) is 10.1. The van der Waals surface area contributed by atoms with Crippen molar-refractivity contribution in [3.8, 4) is 0 Å². The number of hydrogen-bond acceptors (Lipinski definition) is 3. The lowest BCUT2D eigenvalue weighted by Gasteiger charge is -2.39. The van der Waals surface area contributed by atoms with Crippen molar-refractivity contribution >= 4 is 13.6 Å². The first kappa shape index (κ1) is 14.4. The van der Waals surface area contributed by atoms with E-state index in [1.165, 1.54) is 0 Å². The first-order chi connectivity index (χ1) is 6.75. The second kappa shape index (κ2) is 5.46. The SMILES string of the molecule is CN(C)P(=NOC(N)=O)(N(C)C)N(C)C. The normalized spacial score (nSPS) is 12.3. The second-order valence-corrected chi connectivity index (χ2v) is 7.21. The Hall–Kier alpha value is -0.620. The van der Waals surface area contributed by atoms with Crippen LogP contribution in [0.15, 0.2) is 4.91 Å². The fourth-order valence-electron chi connectivity index (χ4n) is 1.39. The summed E-state index contributed by atoms with van der Waals surface area (Å²) < 4.78 is 5.74. The predicted molar refractivity (Wildman–Crippen MR) is 61.1 cm³/mol. The second-order valence-electron chi connectivity index (χ2n) is 3.57. The minimum absolute atomic E-state index is 0.898. The molecular formula is C7H20N5O2P. The summed E-state index contributed by atoms with van der Waals surface area (Å²) in [5.74, 6) is 0. The smallest absolute Gasteiger partial charge is 0.333 e. The maximum Gasteiger partial charge on any atom is 0.430 e. The molecule has 7 nitrogen and oxygen atoms in total. The minimum atomic E-state index is -2.16. The summed E-state index contributed by atoms with van der Waals surface area (Å²) in [7, 11) is 9.10. The van der Waals surface area contributed by atoms with Crippen LogP contribution in [0.2, 0.25) is 0 Å². The third-order valence-corrected chi connectivity index (χ3v) is 5.37. The van der Waals surface area contributed by atoms with Crippen molar-refractivity contribution < 1.29 is 9.63 Å². The van der Waals surface area contributed by atoms with Gasteiger partial charge in [-0.1, -0.05) is 0 Å². The van der Waals surface area contributed by atoms with Crippen LogP contribution in [0.25, 0.3) is 0 Å². The van der Waals surface area contributed by atoms with E-state index < -0.39 is 13.6 Å². The molecule has 2 N–H and O–H groups in total. The van der Waals surface area contributed by atoms with Crippen LogP contribution in [-0.2, 0) is 4.84 Å². The molecule has 90 valence electrons. The average Bonchev–Trinajstić information content (AvgIpc) is 2.02. The Morgan fingerprint density at radius 3 is 1.60 bits per heavy atom. The van der Waals surface area contributed by atoms with Crippen molar-refractivity contribution in [3.63, 3.8) is 0 Å². The first-order valence-corrected chi connectivity index (χ1v) is 5.96. The first-order valence-electron chi connectivity index (χ1n) is 4.36. The number of carbonyl (C=O) groups excluding carboxylic acids is 1. The lowest BCUT2D eigenvalue weighted by molar-refractivity contribution is 0.160. The van der Waals surface area contributed by atoms with Gasteiger partial charge in [-0.15, -0.1) is 0 Å². The van der Waals surface area contributed by atoms with Gasteiger partial charge in [0, 0.05) is 0 Å². The van der Waals surface area contributed by atoms with Crippen molar-refractivity contribution in [1.82, 2.24) is 14.0 Å². The molecule has 0 radical (unpaired) electrons. The summed E-state index contributed by atoms with van der Waals surface area (Å²) in [6.07, 6.45) is -0.898. The number of amides is 1. The van der Waals surface area contributed by atoms with Gasteiger partial charge in [0.2, 0.25) is 7.51 Å². The largest absolute Gasteiger partial charge is 0.430 e. The molecule has 0 bridgehead atoms. The number of rotatable bonds is 4. The Balaban J connectivity index is 5.32. The van der Waals surface area contributed by atoms with E-state index >= 15 is 0 Å². The summed E-state index contributed by atoms with van der Waals surface area (Å²) in [6, 6.07) is 0. The maximum atomic E-state index is 10.6. The van der Waals surface area contributed by atoms with Crippen LogP contribution in [0.5, 0.6) is 0 Å². The maximum absolute atomic E-state index is 10.6. The topological polar surface area (TPSA) is 74.4 Å². The lowest BCUT2D eigenvalue weighted by Crippen LogP contribution is -2.31. The van der Waals surface area contributed by atoms with E-state index in [1.807, 2.05) is 56.3 Å². The molecule has 0 spiro atoms. The van der Waals surface area contributed by atoms with Gasteiger partial charge < -0.3 is 5.73 Å². The van der Waals surface area contributed by atoms with Gasteiger partial charge in [-0.3, -0.25) is 4.84 Å². The highest BCUT2D eigenvalue weighted by Crippen LogP contribution is 2.54. The molecule has 0 aromatic carbocycles. The van der Waals surface area contributed by atoms with Crippen LogP contribution in [0.1, 0.15) is 0 Å². The standard InChI is InChI=1S/C7H20N5O2P/c1-10(2)15(11(3)4,12(5)6)9-14-7(8)13/h1-6H3,(H2,8,13). The summed E-state index contributed by atoms with van der Waals surface area (Å²) in [5, 5.41) is 0. The fraction of sp³-hybridized carbons (Fsp3) is 0.857. The summed E-state index contributed by atoms with van der Waals surface area (Å²) in [4.78, 5) is 19.1. The van der Waals surface area contributed by atoms with Crippen LogP contribution in [0.4, 0.5) is 4.79 Å². The Labute approximate surface area is 90.9 Å².